The second-order valence-corrected chi connectivity index (χ2v) is 15.4. The van der Waals surface area contributed by atoms with Crippen molar-refractivity contribution in [2.24, 2.45) is 11.3 Å². The number of nitrogens with one attached hydrogen (secondary N) is 4. The number of oxazole rings is 2. The largest absolute Gasteiger partial charge is 0.469 e. The molecule has 0 aliphatic carbocycles. The molecule has 0 saturated heterocycles. The van der Waals surface area contributed by atoms with Gasteiger partial charge in [0.25, 0.3) is 0 Å². The van der Waals surface area contributed by atoms with Crippen LogP contribution in [0, 0.1) is 11.3 Å². The second kappa shape index (κ2) is 10.1. The number of ether oxygens (including phenoxy) is 1. The lowest BCUT2D eigenvalue weighted by molar-refractivity contribution is -0.133. The molecule has 7 heterocycles. The van der Waals surface area contributed by atoms with E-state index < -0.39 is 29.1 Å². The average molecular weight is 681 g/mol. The maximum Gasteiger partial charge on any atom is 0.249 e. The molecule has 10 rings (SSSR count). The highest BCUT2D eigenvalue weighted by Crippen LogP contribution is 2.61. The maximum atomic E-state index is 14.2. The van der Waals surface area contributed by atoms with E-state index in [1.807, 2.05) is 59.0 Å². The van der Waals surface area contributed by atoms with Crippen molar-refractivity contribution in [2.75, 3.05) is 5.32 Å². The van der Waals surface area contributed by atoms with Gasteiger partial charge in [0, 0.05) is 56.9 Å². The minimum atomic E-state index is -1.02. The van der Waals surface area contributed by atoms with Crippen molar-refractivity contribution in [2.45, 2.75) is 64.8 Å². The highest BCUT2D eigenvalue weighted by molar-refractivity contribution is 6.07. The molecule has 51 heavy (non-hydrogen) atoms. The van der Waals surface area contributed by atoms with Gasteiger partial charge in [-0.25, -0.2) is 9.97 Å². The van der Waals surface area contributed by atoms with Gasteiger partial charge in [0.2, 0.25) is 23.6 Å². The van der Waals surface area contributed by atoms with Crippen molar-refractivity contribution < 1.29 is 23.2 Å². The van der Waals surface area contributed by atoms with E-state index >= 15 is 0 Å². The van der Waals surface area contributed by atoms with E-state index in [9.17, 15) is 9.59 Å². The smallest absolute Gasteiger partial charge is 0.249 e. The summed E-state index contributed by atoms with van der Waals surface area (Å²) in [7, 11) is 0. The number of aromatic amines is 1. The van der Waals surface area contributed by atoms with Crippen LogP contribution in [0.1, 0.15) is 69.0 Å². The van der Waals surface area contributed by atoms with E-state index in [2.05, 4.69) is 57.3 Å². The van der Waals surface area contributed by atoms with Gasteiger partial charge < -0.3 is 34.5 Å². The Balaban J connectivity index is 1.30. The summed E-state index contributed by atoms with van der Waals surface area (Å²) in [5.74, 6) is 1.73. The highest BCUT2D eigenvalue weighted by atomic mass is 16.5. The molecule has 4 atom stereocenters. The predicted octanol–water partition coefficient (Wildman–Crippen LogP) is 6.84. The summed E-state index contributed by atoms with van der Waals surface area (Å²) in [6, 6.07) is 17.0. The molecule has 0 saturated carbocycles. The van der Waals surface area contributed by atoms with Crippen LogP contribution in [0.15, 0.2) is 75.8 Å². The molecule has 4 aliphatic rings. The molecule has 10 bridgehead atoms. The number of carbonyl (C=O) groups excluding carboxylic acids is 2. The van der Waals surface area contributed by atoms with Crippen LogP contribution in [0.2, 0.25) is 0 Å². The van der Waals surface area contributed by atoms with Crippen molar-refractivity contribution in [3.05, 3.63) is 95.3 Å². The van der Waals surface area contributed by atoms with Crippen molar-refractivity contribution >= 4 is 28.4 Å². The first-order valence-electron chi connectivity index (χ1n) is 17.4. The number of para-hydroxylation sites is 1. The molecule has 3 aromatic carbocycles. The number of rotatable bonds is 2. The minimum absolute atomic E-state index is 0.123. The van der Waals surface area contributed by atoms with Crippen molar-refractivity contribution in [1.29, 1.82) is 0 Å². The SMILES string of the molecule is CC(C)[C@@H]1NC(=O)[C@@H](NC(=O)C(C)(C)C)Cc2ccc3c(c2)[C@]24c5cccc(c5NC2O3)-c2cccc3[nH]cc(c23)-c2cnc(o2)-c2nc1oc24. The lowest BCUT2D eigenvalue weighted by Crippen LogP contribution is -2.52. The van der Waals surface area contributed by atoms with E-state index in [0.29, 0.717) is 34.7 Å². The van der Waals surface area contributed by atoms with Crippen molar-refractivity contribution in [3.63, 3.8) is 0 Å². The monoisotopic (exact) mass is 680 g/mol. The fourth-order valence-corrected chi connectivity index (χ4v) is 8.23. The fraction of sp³-hybridized carbons (Fsp3) is 0.300. The molecule has 0 fully saturated rings. The summed E-state index contributed by atoms with van der Waals surface area (Å²) in [6.45, 7) is 9.51. The molecule has 3 aromatic heterocycles. The van der Waals surface area contributed by atoms with Crippen LogP contribution >= 0.6 is 0 Å². The predicted molar refractivity (Wildman–Crippen MR) is 190 cm³/mol. The zero-order valence-electron chi connectivity index (χ0n) is 28.8. The van der Waals surface area contributed by atoms with Gasteiger partial charge in [-0.2, -0.15) is 0 Å². The number of aromatic nitrogens is 3. The summed E-state index contributed by atoms with van der Waals surface area (Å²) in [6.07, 6.45) is 3.34. The molecular weight excluding hydrogens is 644 g/mol. The van der Waals surface area contributed by atoms with Crippen LogP contribution in [-0.2, 0) is 21.4 Å². The lowest BCUT2D eigenvalue weighted by Gasteiger charge is -2.29. The Labute approximate surface area is 293 Å². The third-order valence-electron chi connectivity index (χ3n) is 10.8. The third-order valence-corrected chi connectivity index (χ3v) is 10.8. The van der Waals surface area contributed by atoms with Crippen LogP contribution in [0.3, 0.4) is 0 Å². The third kappa shape index (κ3) is 4.05. The normalized spacial score (nSPS) is 22.4. The van der Waals surface area contributed by atoms with E-state index in [0.717, 1.165) is 50.0 Å². The number of amides is 2. The molecule has 2 amide bonds. The first-order chi connectivity index (χ1) is 24.5. The number of fused-ring (bicyclic) bond motifs is 7. The topological polar surface area (TPSA) is 147 Å². The molecule has 11 nitrogen and oxygen atoms in total. The van der Waals surface area contributed by atoms with Gasteiger partial charge in [0.15, 0.2) is 23.4 Å². The van der Waals surface area contributed by atoms with Crippen LogP contribution in [0.5, 0.6) is 5.75 Å². The first-order valence-corrected chi connectivity index (χ1v) is 17.4. The summed E-state index contributed by atoms with van der Waals surface area (Å²) in [5, 5.41) is 11.0. The van der Waals surface area contributed by atoms with Gasteiger partial charge in [0.1, 0.15) is 23.2 Å². The van der Waals surface area contributed by atoms with Gasteiger partial charge >= 0.3 is 0 Å². The molecular formula is C40H36N6O5. The summed E-state index contributed by atoms with van der Waals surface area (Å²) in [4.78, 5) is 40.8. The van der Waals surface area contributed by atoms with Crippen molar-refractivity contribution in [3.8, 4) is 39.8 Å². The molecule has 1 unspecified atom stereocenters. The maximum absolute atomic E-state index is 14.2. The van der Waals surface area contributed by atoms with Crippen LogP contribution < -0.4 is 20.7 Å². The Morgan fingerprint density at radius 2 is 1.82 bits per heavy atom. The van der Waals surface area contributed by atoms with Crippen LogP contribution in [0.25, 0.3) is 44.9 Å². The number of H-pyrrole nitrogens is 1. The number of nitrogens with zero attached hydrogens (tertiary/aromatic N) is 2. The van der Waals surface area contributed by atoms with Crippen LogP contribution in [-0.4, -0.2) is 39.0 Å². The lowest BCUT2D eigenvalue weighted by atomic mass is 9.72. The molecule has 4 N–H and O–H groups in total. The Morgan fingerprint density at radius 1 is 1.00 bits per heavy atom. The zero-order valence-corrected chi connectivity index (χ0v) is 28.8. The molecule has 0 radical (unpaired) electrons. The molecule has 1 spiro atoms. The zero-order chi connectivity index (χ0) is 35.0. The minimum Gasteiger partial charge on any atom is -0.469 e. The average Bonchev–Trinajstić information content (AvgIpc) is 3.91. The van der Waals surface area contributed by atoms with Crippen LogP contribution in [0.4, 0.5) is 5.69 Å². The number of carbonyl (C=O) groups is 2. The van der Waals surface area contributed by atoms with Crippen molar-refractivity contribution in [1.82, 2.24) is 25.6 Å². The van der Waals surface area contributed by atoms with E-state index in [4.69, 9.17) is 23.5 Å². The molecule has 11 heteroatoms. The Kier molecular flexibility index (Phi) is 5.96. The number of hydrogen-bond donors (Lipinski definition) is 4. The van der Waals surface area contributed by atoms with Gasteiger partial charge in [-0.3, -0.25) is 9.59 Å². The standard InChI is InChI=1S/C40H36N6O5/c1-18(2)30-36-45-32-33(51-36)40-23-10-6-9-21(20-8-7-11-25-29(20)22(16-41-25)28-17-42-35(32)49-28)31(23)46-38(40)50-27-13-12-19(14-24(27)40)15-26(34(47)44-30)43-37(48)39(3,4)5/h6-14,16-18,26,30,38,41,46H,15H2,1-5H3,(H,43,48)(H,44,47)/t26-,30-,38?,40-/m0/s1. The van der Waals surface area contributed by atoms with Gasteiger partial charge in [-0.05, 0) is 29.2 Å². The Morgan fingerprint density at radius 3 is 2.65 bits per heavy atom. The summed E-state index contributed by atoms with van der Waals surface area (Å²) in [5.41, 5.74) is 6.23. The van der Waals surface area contributed by atoms with Gasteiger partial charge in [-0.1, -0.05) is 77.1 Å². The van der Waals surface area contributed by atoms with E-state index in [1.165, 1.54) is 0 Å². The first kappa shape index (κ1) is 30.0. The molecule has 256 valence electrons. The van der Waals surface area contributed by atoms with E-state index in [-0.39, 0.29) is 24.2 Å². The van der Waals surface area contributed by atoms with Gasteiger partial charge in [-0.15, -0.1) is 0 Å². The second-order valence-electron chi connectivity index (χ2n) is 15.4. The Bertz CT molecular complexity index is 2460. The number of benzene rings is 3. The molecule has 6 aromatic rings. The highest BCUT2D eigenvalue weighted by Gasteiger charge is 2.61. The molecule has 4 aliphatic heterocycles. The number of hydrogen-bond acceptors (Lipinski definition) is 8. The summed E-state index contributed by atoms with van der Waals surface area (Å²) < 4.78 is 20.4. The summed E-state index contributed by atoms with van der Waals surface area (Å²) >= 11 is 0. The van der Waals surface area contributed by atoms with Gasteiger partial charge in [0.05, 0.1) is 6.20 Å². The fourth-order valence-electron chi connectivity index (χ4n) is 8.23. The Hall–Kier alpha value is -5.84. The van der Waals surface area contributed by atoms with E-state index in [1.54, 1.807) is 6.20 Å². The number of anilines is 1. The quantitative estimate of drug-likeness (QED) is 0.156.